The highest BCUT2D eigenvalue weighted by molar-refractivity contribution is 5.79. The number of carbonyl (C=O) groups is 1. The molecule has 0 radical (unpaired) electrons. The molecule has 4 atom stereocenters. The van der Waals surface area contributed by atoms with Crippen molar-refractivity contribution in [2.24, 2.45) is 23.7 Å². The Kier molecular flexibility index (Phi) is 2.62. The van der Waals surface area contributed by atoms with Crippen LogP contribution < -0.4 is 10.6 Å². The highest BCUT2D eigenvalue weighted by Gasteiger charge is 2.65. The lowest BCUT2D eigenvalue weighted by Gasteiger charge is -2.26. The Morgan fingerprint density at radius 2 is 1.83 bits per heavy atom. The third-order valence-corrected chi connectivity index (χ3v) is 5.64. The van der Waals surface area contributed by atoms with E-state index in [4.69, 9.17) is 0 Å². The molecule has 1 heterocycles. The van der Waals surface area contributed by atoms with Gasteiger partial charge in [-0.3, -0.25) is 9.69 Å². The van der Waals surface area contributed by atoms with Gasteiger partial charge in [-0.25, -0.2) is 0 Å². The maximum absolute atomic E-state index is 12.1. The maximum atomic E-state index is 12.1. The maximum Gasteiger partial charge on any atom is 0.234 e. The number of piperazine rings is 1. The Bertz CT molecular complexity index is 337. The number of carbonyl (C=O) groups excluding carboxylic acids is 1. The molecular weight excluding hydrogens is 226 g/mol. The molecule has 2 bridgehead atoms. The molecule has 4 heteroatoms. The Hall–Kier alpha value is -0.610. The van der Waals surface area contributed by atoms with Crippen molar-refractivity contribution in [1.29, 1.82) is 0 Å². The first kappa shape index (κ1) is 11.2. The highest BCUT2D eigenvalue weighted by Crippen LogP contribution is 2.65. The lowest BCUT2D eigenvalue weighted by Crippen LogP contribution is -2.48. The van der Waals surface area contributed by atoms with E-state index in [2.05, 4.69) is 15.5 Å². The Balaban J connectivity index is 1.27. The summed E-state index contributed by atoms with van der Waals surface area (Å²) in [5.41, 5.74) is 0. The molecule has 4 nitrogen and oxygen atoms in total. The lowest BCUT2D eigenvalue weighted by atomic mass is 10.0. The number of rotatable bonds is 3. The lowest BCUT2D eigenvalue weighted by molar-refractivity contribution is -0.122. The predicted octanol–water partition coefficient (Wildman–Crippen LogP) is 0.0523. The Morgan fingerprint density at radius 3 is 2.50 bits per heavy atom. The molecule has 100 valence electrons. The number of hydrogen-bond donors (Lipinski definition) is 2. The summed E-state index contributed by atoms with van der Waals surface area (Å²) in [4.78, 5) is 14.3. The van der Waals surface area contributed by atoms with Crippen molar-refractivity contribution in [3.8, 4) is 0 Å². The zero-order chi connectivity index (χ0) is 12.1. The normalized spacial score (nSPS) is 45.9. The molecule has 4 aliphatic rings. The summed E-state index contributed by atoms with van der Waals surface area (Å²) in [6, 6.07) is 0.548. The van der Waals surface area contributed by atoms with Gasteiger partial charge in [-0.15, -0.1) is 0 Å². The number of nitrogens with one attached hydrogen (secondary N) is 2. The molecule has 0 aromatic heterocycles. The largest absolute Gasteiger partial charge is 0.352 e. The molecule has 0 spiro atoms. The van der Waals surface area contributed by atoms with Crippen LogP contribution in [0.4, 0.5) is 0 Å². The molecule has 1 aliphatic heterocycles. The molecule has 1 amide bonds. The molecule has 1 saturated heterocycles. The van der Waals surface area contributed by atoms with Crippen molar-refractivity contribution in [3.63, 3.8) is 0 Å². The number of hydrogen-bond acceptors (Lipinski definition) is 3. The fraction of sp³-hybridized carbons (Fsp3) is 0.929. The van der Waals surface area contributed by atoms with Crippen LogP contribution in [0, 0.1) is 23.7 Å². The van der Waals surface area contributed by atoms with E-state index in [1.165, 1.54) is 19.3 Å². The van der Waals surface area contributed by atoms with Gasteiger partial charge < -0.3 is 10.6 Å². The van der Waals surface area contributed by atoms with Gasteiger partial charge in [0.15, 0.2) is 0 Å². The van der Waals surface area contributed by atoms with Gasteiger partial charge in [0, 0.05) is 32.2 Å². The number of fused-ring (bicyclic) bond motifs is 5. The molecule has 4 fully saturated rings. The Labute approximate surface area is 108 Å². The van der Waals surface area contributed by atoms with Crippen LogP contribution in [-0.4, -0.2) is 49.6 Å². The second-order valence-electron chi connectivity index (χ2n) is 6.61. The zero-order valence-corrected chi connectivity index (χ0v) is 10.9. The number of nitrogens with zero attached hydrogens (tertiary/aromatic N) is 1. The van der Waals surface area contributed by atoms with E-state index in [0.717, 1.165) is 49.9 Å². The third-order valence-electron chi connectivity index (χ3n) is 5.64. The second kappa shape index (κ2) is 4.20. The molecule has 4 unspecified atom stereocenters. The monoisotopic (exact) mass is 249 g/mol. The summed E-state index contributed by atoms with van der Waals surface area (Å²) in [6.07, 6.45) is 4.31. The Morgan fingerprint density at radius 1 is 1.17 bits per heavy atom. The van der Waals surface area contributed by atoms with Gasteiger partial charge in [0.05, 0.1) is 6.54 Å². The van der Waals surface area contributed by atoms with Crippen molar-refractivity contribution in [2.45, 2.75) is 25.3 Å². The molecule has 3 saturated carbocycles. The standard InChI is InChI=1S/C14H23N3O/c18-11(8-17-5-3-15-4-6-17)16-14-12-9-1-2-10(7-9)13(12)14/h9-10,12-15H,1-8H2,(H,16,18). The fourth-order valence-electron chi connectivity index (χ4n) is 4.82. The first-order chi connectivity index (χ1) is 8.83. The molecule has 2 N–H and O–H groups in total. The molecule has 18 heavy (non-hydrogen) atoms. The topological polar surface area (TPSA) is 44.4 Å². The van der Waals surface area contributed by atoms with E-state index >= 15 is 0 Å². The summed E-state index contributed by atoms with van der Waals surface area (Å²) in [5, 5.41) is 6.62. The van der Waals surface area contributed by atoms with Crippen LogP contribution in [0.15, 0.2) is 0 Å². The number of amides is 1. The summed E-state index contributed by atoms with van der Waals surface area (Å²) in [5.74, 6) is 3.87. The van der Waals surface area contributed by atoms with Crippen molar-refractivity contribution in [3.05, 3.63) is 0 Å². The van der Waals surface area contributed by atoms with E-state index in [0.29, 0.717) is 12.6 Å². The van der Waals surface area contributed by atoms with E-state index in [9.17, 15) is 4.79 Å². The van der Waals surface area contributed by atoms with Gasteiger partial charge in [0.1, 0.15) is 0 Å². The minimum absolute atomic E-state index is 0.260. The fourth-order valence-corrected chi connectivity index (χ4v) is 4.82. The summed E-state index contributed by atoms with van der Waals surface area (Å²) >= 11 is 0. The average Bonchev–Trinajstić information content (AvgIpc) is 2.79. The molecule has 4 rings (SSSR count). The van der Waals surface area contributed by atoms with Crippen molar-refractivity contribution in [2.75, 3.05) is 32.7 Å². The van der Waals surface area contributed by atoms with Gasteiger partial charge >= 0.3 is 0 Å². The van der Waals surface area contributed by atoms with Gasteiger partial charge in [-0.2, -0.15) is 0 Å². The van der Waals surface area contributed by atoms with Gasteiger partial charge in [0.2, 0.25) is 5.91 Å². The molecular formula is C14H23N3O. The zero-order valence-electron chi connectivity index (χ0n) is 10.9. The summed E-state index contributed by atoms with van der Waals surface area (Å²) in [7, 11) is 0. The quantitative estimate of drug-likeness (QED) is 0.743. The van der Waals surface area contributed by atoms with Gasteiger partial charge in [-0.05, 0) is 42.9 Å². The second-order valence-corrected chi connectivity index (χ2v) is 6.61. The average molecular weight is 249 g/mol. The van der Waals surface area contributed by atoms with Crippen LogP contribution in [0.25, 0.3) is 0 Å². The molecule has 0 aromatic rings. The minimum Gasteiger partial charge on any atom is -0.352 e. The van der Waals surface area contributed by atoms with Crippen LogP contribution in [-0.2, 0) is 4.79 Å². The van der Waals surface area contributed by atoms with Crippen LogP contribution in [0.5, 0.6) is 0 Å². The van der Waals surface area contributed by atoms with Crippen LogP contribution in [0.1, 0.15) is 19.3 Å². The van der Waals surface area contributed by atoms with Crippen LogP contribution in [0.2, 0.25) is 0 Å². The van der Waals surface area contributed by atoms with Crippen molar-refractivity contribution >= 4 is 5.91 Å². The van der Waals surface area contributed by atoms with Crippen LogP contribution >= 0.6 is 0 Å². The third kappa shape index (κ3) is 1.77. The molecule has 0 aromatic carbocycles. The SMILES string of the molecule is O=C(CN1CCNCC1)NC1C2C3CCC(C3)C12. The van der Waals surface area contributed by atoms with Gasteiger partial charge in [0.25, 0.3) is 0 Å². The minimum atomic E-state index is 0.260. The molecule has 3 aliphatic carbocycles. The van der Waals surface area contributed by atoms with Crippen molar-refractivity contribution in [1.82, 2.24) is 15.5 Å². The summed E-state index contributed by atoms with van der Waals surface area (Å²) in [6.45, 7) is 4.66. The van der Waals surface area contributed by atoms with E-state index in [-0.39, 0.29) is 5.91 Å². The predicted molar refractivity (Wildman–Crippen MR) is 69.1 cm³/mol. The first-order valence-corrected chi connectivity index (χ1v) is 7.55. The van der Waals surface area contributed by atoms with E-state index in [1.54, 1.807) is 0 Å². The summed E-state index contributed by atoms with van der Waals surface area (Å²) < 4.78 is 0. The van der Waals surface area contributed by atoms with Gasteiger partial charge in [-0.1, -0.05) is 0 Å². The van der Waals surface area contributed by atoms with E-state index in [1.807, 2.05) is 0 Å². The smallest absolute Gasteiger partial charge is 0.234 e. The highest BCUT2D eigenvalue weighted by atomic mass is 16.2. The van der Waals surface area contributed by atoms with Crippen LogP contribution in [0.3, 0.4) is 0 Å². The first-order valence-electron chi connectivity index (χ1n) is 7.55. The van der Waals surface area contributed by atoms with E-state index < -0.39 is 0 Å². The van der Waals surface area contributed by atoms with Crippen molar-refractivity contribution < 1.29 is 4.79 Å².